The second kappa shape index (κ2) is 5.48. The monoisotopic (exact) mass is 226 g/mol. The third kappa shape index (κ3) is 2.84. The van der Waals surface area contributed by atoms with Crippen LogP contribution in [0.25, 0.3) is 10.8 Å². The number of fused-ring (bicyclic) bond motifs is 1. The van der Waals surface area contributed by atoms with E-state index in [-0.39, 0.29) is 5.91 Å². The highest BCUT2D eigenvalue weighted by atomic mass is 16.1. The first-order valence-electron chi connectivity index (χ1n) is 6.03. The number of nitrogens with zero attached hydrogens (tertiary/aromatic N) is 1. The second-order valence-corrected chi connectivity index (χ2v) is 4.11. The van der Waals surface area contributed by atoms with Crippen LogP contribution in [0.3, 0.4) is 0 Å². The lowest BCUT2D eigenvalue weighted by molar-refractivity contribution is -0.120. The average molecular weight is 226 g/mol. The second-order valence-electron chi connectivity index (χ2n) is 4.11. The van der Waals surface area contributed by atoms with Gasteiger partial charge < -0.3 is 0 Å². The molecule has 1 amide bonds. The topological polar surface area (TPSA) is 31.2 Å². The molecule has 0 saturated carbocycles. The molecule has 2 heteroatoms. The van der Waals surface area contributed by atoms with Crippen LogP contribution in [0, 0.1) is 0 Å². The third-order valence-electron chi connectivity index (χ3n) is 2.76. The molecule has 87 valence electrons. The molecule has 2 nitrogen and oxygen atoms in total. The Bertz CT molecular complexity index is 514. The van der Waals surface area contributed by atoms with E-state index in [1.165, 1.54) is 0 Å². The van der Waals surface area contributed by atoms with Gasteiger partial charge >= 0.3 is 0 Å². The lowest BCUT2D eigenvalue weighted by Crippen LogP contribution is -2.09. The molecule has 0 spiro atoms. The van der Waals surface area contributed by atoms with Crippen molar-refractivity contribution in [2.45, 2.75) is 26.2 Å². The van der Waals surface area contributed by atoms with E-state index in [1.54, 1.807) is 0 Å². The van der Waals surface area contributed by atoms with E-state index in [1.807, 2.05) is 42.5 Å². The van der Waals surface area contributed by atoms with Crippen molar-refractivity contribution in [3.63, 3.8) is 0 Å². The highest BCUT2D eigenvalue weighted by molar-refractivity contribution is 5.96. The molecule has 0 heterocycles. The summed E-state index contributed by atoms with van der Waals surface area (Å²) in [5.41, 5.74) is 0.782. The van der Waals surface area contributed by atoms with Gasteiger partial charge in [-0.2, -0.15) is 0 Å². The van der Waals surface area contributed by atoms with Gasteiger partial charge in [0.2, 0.25) is 5.91 Å². The normalized spacial score (nSPS) is 10.4. The van der Waals surface area contributed by atoms with Crippen molar-refractivity contribution in [1.29, 1.82) is 0 Å². The summed E-state index contributed by atoms with van der Waals surface area (Å²) in [5, 5.41) is 6.35. The SMILES string of the molecule is CCCCC(=O)[N]c1cccc2ccccc12. The molecule has 0 aromatic heterocycles. The average Bonchev–Trinajstić information content (AvgIpc) is 2.37. The summed E-state index contributed by atoms with van der Waals surface area (Å²) in [6, 6.07) is 13.9. The Morgan fingerprint density at radius 3 is 2.71 bits per heavy atom. The van der Waals surface area contributed by atoms with E-state index in [4.69, 9.17) is 0 Å². The van der Waals surface area contributed by atoms with Gasteiger partial charge in [-0.1, -0.05) is 49.7 Å². The molecule has 0 atom stereocenters. The fraction of sp³-hybridized carbons (Fsp3) is 0.267. The number of amides is 1. The van der Waals surface area contributed by atoms with Gasteiger partial charge in [0, 0.05) is 11.8 Å². The third-order valence-corrected chi connectivity index (χ3v) is 2.76. The molecule has 2 aromatic carbocycles. The van der Waals surface area contributed by atoms with Crippen LogP contribution in [0.4, 0.5) is 5.69 Å². The summed E-state index contributed by atoms with van der Waals surface area (Å²) in [5.74, 6) is -0.0248. The summed E-state index contributed by atoms with van der Waals surface area (Å²) in [6.07, 6.45) is 2.48. The number of unbranched alkanes of at least 4 members (excludes halogenated alkanes) is 1. The van der Waals surface area contributed by atoms with Gasteiger partial charge in [0.1, 0.15) is 0 Å². The van der Waals surface area contributed by atoms with Gasteiger partial charge in [0.25, 0.3) is 0 Å². The highest BCUT2D eigenvalue weighted by Gasteiger charge is 2.06. The largest absolute Gasteiger partial charge is 0.273 e. The Kier molecular flexibility index (Phi) is 3.76. The molecule has 0 aliphatic rings. The first-order chi connectivity index (χ1) is 8.31. The lowest BCUT2D eigenvalue weighted by Gasteiger charge is -2.05. The maximum Gasteiger partial charge on any atom is 0.246 e. The van der Waals surface area contributed by atoms with Crippen LogP contribution in [-0.4, -0.2) is 5.91 Å². The van der Waals surface area contributed by atoms with Gasteiger partial charge in [-0.3, -0.25) is 4.79 Å². The van der Waals surface area contributed by atoms with E-state index >= 15 is 0 Å². The Morgan fingerprint density at radius 1 is 1.12 bits per heavy atom. The zero-order chi connectivity index (χ0) is 12.1. The van der Waals surface area contributed by atoms with E-state index < -0.39 is 0 Å². The Hall–Kier alpha value is -1.83. The minimum absolute atomic E-state index is 0.0248. The minimum atomic E-state index is -0.0248. The smallest absolute Gasteiger partial charge is 0.246 e. The quantitative estimate of drug-likeness (QED) is 0.780. The number of carbonyl (C=O) groups is 1. The van der Waals surface area contributed by atoms with Crippen molar-refractivity contribution in [1.82, 2.24) is 5.32 Å². The summed E-state index contributed by atoms with van der Waals surface area (Å²) < 4.78 is 0. The summed E-state index contributed by atoms with van der Waals surface area (Å²) in [4.78, 5) is 11.6. The standard InChI is InChI=1S/C15H16NO/c1-2-3-11-15(17)16-14-10-6-8-12-7-4-5-9-13(12)14/h4-10H,2-3,11H2,1H3. The Morgan fingerprint density at radius 2 is 1.88 bits per heavy atom. The zero-order valence-corrected chi connectivity index (χ0v) is 10.0. The minimum Gasteiger partial charge on any atom is -0.273 e. The number of hydrogen-bond donors (Lipinski definition) is 0. The van der Waals surface area contributed by atoms with Crippen molar-refractivity contribution in [2.24, 2.45) is 0 Å². The highest BCUT2D eigenvalue weighted by Crippen LogP contribution is 2.23. The van der Waals surface area contributed by atoms with Crippen LogP contribution in [-0.2, 0) is 4.79 Å². The molecule has 0 saturated heterocycles. The molecule has 2 aromatic rings. The molecule has 2 rings (SSSR count). The van der Waals surface area contributed by atoms with E-state index in [2.05, 4.69) is 12.2 Å². The molecule has 0 bridgehead atoms. The molecule has 0 N–H and O–H groups in total. The summed E-state index contributed by atoms with van der Waals surface area (Å²) in [7, 11) is 0. The van der Waals surface area contributed by atoms with Crippen LogP contribution in [0.1, 0.15) is 26.2 Å². The molecule has 0 aliphatic heterocycles. The number of carbonyl (C=O) groups excluding carboxylic acids is 1. The lowest BCUT2D eigenvalue weighted by atomic mass is 10.1. The van der Waals surface area contributed by atoms with Gasteiger partial charge in [-0.25, -0.2) is 5.32 Å². The predicted molar refractivity (Wildman–Crippen MR) is 70.3 cm³/mol. The number of hydrogen-bond acceptors (Lipinski definition) is 1. The molecular formula is C15H16NO. The maximum absolute atomic E-state index is 11.6. The van der Waals surface area contributed by atoms with Crippen LogP contribution < -0.4 is 5.32 Å². The van der Waals surface area contributed by atoms with E-state index in [0.717, 1.165) is 29.3 Å². The first kappa shape index (κ1) is 11.6. The van der Waals surface area contributed by atoms with E-state index in [0.29, 0.717) is 6.42 Å². The van der Waals surface area contributed by atoms with Crippen LogP contribution in [0.5, 0.6) is 0 Å². The van der Waals surface area contributed by atoms with Crippen LogP contribution in [0.2, 0.25) is 0 Å². The molecule has 0 unspecified atom stereocenters. The van der Waals surface area contributed by atoms with Crippen molar-refractivity contribution in [2.75, 3.05) is 0 Å². The van der Waals surface area contributed by atoms with Gasteiger partial charge in [0.05, 0.1) is 5.69 Å². The fourth-order valence-corrected chi connectivity index (χ4v) is 1.82. The van der Waals surface area contributed by atoms with Crippen molar-refractivity contribution in [3.05, 3.63) is 42.5 Å². The maximum atomic E-state index is 11.6. The summed E-state index contributed by atoms with van der Waals surface area (Å²) >= 11 is 0. The molecule has 0 aliphatic carbocycles. The van der Waals surface area contributed by atoms with Gasteiger partial charge in [0.15, 0.2) is 0 Å². The Balaban J connectivity index is 2.21. The summed E-state index contributed by atoms with van der Waals surface area (Å²) in [6.45, 7) is 2.07. The predicted octanol–water partition coefficient (Wildman–Crippen LogP) is 3.79. The van der Waals surface area contributed by atoms with Gasteiger partial charge in [-0.05, 0) is 17.9 Å². The molecular weight excluding hydrogens is 210 g/mol. The zero-order valence-electron chi connectivity index (χ0n) is 10.0. The number of benzene rings is 2. The first-order valence-corrected chi connectivity index (χ1v) is 6.03. The Labute approximate surface area is 102 Å². The van der Waals surface area contributed by atoms with Crippen molar-refractivity contribution in [3.8, 4) is 0 Å². The number of rotatable bonds is 4. The van der Waals surface area contributed by atoms with Crippen LogP contribution >= 0.6 is 0 Å². The fourth-order valence-electron chi connectivity index (χ4n) is 1.82. The van der Waals surface area contributed by atoms with Crippen LogP contribution in [0.15, 0.2) is 42.5 Å². The van der Waals surface area contributed by atoms with Gasteiger partial charge in [-0.15, -0.1) is 0 Å². The molecule has 0 fully saturated rings. The molecule has 1 radical (unpaired) electrons. The van der Waals surface area contributed by atoms with Crippen molar-refractivity contribution < 1.29 is 4.79 Å². The van der Waals surface area contributed by atoms with Crippen molar-refractivity contribution >= 4 is 22.4 Å². The van der Waals surface area contributed by atoms with E-state index in [9.17, 15) is 4.79 Å². The molecule has 17 heavy (non-hydrogen) atoms.